The van der Waals surface area contributed by atoms with Crippen LogP contribution in [0.25, 0.3) is 11.0 Å². The van der Waals surface area contributed by atoms with E-state index in [1.165, 1.54) is 18.4 Å². The van der Waals surface area contributed by atoms with E-state index in [4.69, 9.17) is 0 Å². The number of pyridine rings is 1. The SMILES string of the molecule is Cc1nc2cncc(Br)c2n1C1CC1. The van der Waals surface area contributed by atoms with E-state index in [1.54, 1.807) is 0 Å². The number of imidazole rings is 1. The largest absolute Gasteiger partial charge is 0.324 e. The van der Waals surface area contributed by atoms with Gasteiger partial charge < -0.3 is 4.57 Å². The Kier molecular flexibility index (Phi) is 1.68. The Morgan fingerprint density at radius 3 is 2.93 bits per heavy atom. The van der Waals surface area contributed by atoms with Crippen molar-refractivity contribution in [1.82, 2.24) is 14.5 Å². The lowest BCUT2D eigenvalue weighted by molar-refractivity contribution is 0.733. The van der Waals surface area contributed by atoms with Gasteiger partial charge in [0.1, 0.15) is 11.3 Å². The van der Waals surface area contributed by atoms with Gasteiger partial charge in [0.2, 0.25) is 0 Å². The second-order valence-corrected chi connectivity index (χ2v) is 4.60. The molecule has 2 aromatic rings. The summed E-state index contributed by atoms with van der Waals surface area (Å²) in [6.45, 7) is 2.06. The quantitative estimate of drug-likeness (QED) is 0.781. The van der Waals surface area contributed by atoms with Crippen LogP contribution in [0.5, 0.6) is 0 Å². The second kappa shape index (κ2) is 2.79. The van der Waals surface area contributed by atoms with Crippen molar-refractivity contribution in [1.29, 1.82) is 0 Å². The number of halogens is 1. The summed E-state index contributed by atoms with van der Waals surface area (Å²) in [6.07, 6.45) is 6.22. The molecule has 0 aromatic carbocycles. The molecule has 3 nitrogen and oxygen atoms in total. The first-order valence-electron chi connectivity index (χ1n) is 4.75. The van der Waals surface area contributed by atoms with E-state index in [9.17, 15) is 0 Å². The molecule has 2 aromatic heterocycles. The molecule has 1 aliphatic carbocycles. The molecule has 1 fully saturated rings. The summed E-state index contributed by atoms with van der Waals surface area (Å²) in [7, 11) is 0. The number of hydrogen-bond acceptors (Lipinski definition) is 2. The van der Waals surface area contributed by atoms with Gasteiger partial charge in [-0.15, -0.1) is 0 Å². The van der Waals surface area contributed by atoms with Gasteiger partial charge >= 0.3 is 0 Å². The Bertz CT molecular complexity index is 499. The van der Waals surface area contributed by atoms with E-state index in [-0.39, 0.29) is 0 Å². The third-order valence-corrected chi connectivity index (χ3v) is 3.22. The maximum atomic E-state index is 4.51. The zero-order valence-corrected chi connectivity index (χ0v) is 9.45. The van der Waals surface area contributed by atoms with Crippen LogP contribution in [-0.2, 0) is 0 Å². The molecule has 0 N–H and O–H groups in total. The molecule has 0 radical (unpaired) electrons. The summed E-state index contributed by atoms with van der Waals surface area (Å²) >= 11 is 3.53. The van der Waals surface area contributed by atoms with E-state index in [2.05, 4.69) is 37.4 Å². The minimum atomic E-state index is 0.665. The van der Waals surface area contributed by atoms with Crippen LogP contribution in [0, 0.1) is 6.92 Å². The molecule has 4 heteroatoms. The Morgan fingerprint density at radius 1 is 1.43 bits per heavy atom. The Hall–Kier alpha value is -0.900. The number of rotatable bonds is 1. The first-order chi connectivity index (χ1) is 6.77. The van der Waals surface area contributed by atoms with E-state index in [1.807, 2.05) is 12.4 Å². The van der Waals surface area contributed by atoms with Crippen LogP contribution in [0.15, 0.2) is 16.9 Å². The fourth-order valence-corrected chi connectivity index (χ4v) is 2.42. The van der Waals surface area contributed by atoms with Crippen molar-refractivity contribution in [2.75, 3.05) is 0 Å². The third kappa shape index (κ3) is 1.10. The summed E-state index contributed by atoms with van der Waals surface area (Å²) in [4.78, 5) is 8.63. The second-order valence-electron chi connectivity index (χ2n) is 3.75. The molecule has 0 aliphatic heterocycles. The van der Waals surface area contributed by atoms with Crippen LogP contribution in [0.4, 0.5) is 0 Å². The Labute approximate surface area is 90.3 Å². The van der Waals surface area contributed by atoms with E-state index in [0.29, 0.717) is 6.04 Å². The lowest BCUT2D eigenvalue weighted by Crippen LogP contribution is -1.96. The molecule has 0 saturated heterocycles. The minimum absolute atomic E-state index is 0.665. The summed E-state index contributed by atoms with van der Waals surface area (Å²) < 4.78 is 3.36. The number of fused-ring (bicyclic) bond motifs is 1. The minimum Gasteiger partial charge on any atom is -0.324 e. The van der Waals surface area contributed by atoms with Gasteiger partial charge in [-0.1, -0.05) is 0 Å². The van der Waals surface area contributed by atoms with Crippen molar-refractivity contribution in [2.24, 2.45) is 0 Å². The van der Waals surface area contributed by atoms with Crippen molar-refractivity contribution in [2.45, 2.75) is 25.8 Å². The van der Waals surface area contributed by atoms with Crippen molar-refractivity contribution in [3.05, 3.63) is 22.7 Å². The smallest absolute Gasteiger partial charge is 0.108 e. The third-order valence-electron chi connectivity index (χ3n) is 2.64. The van der Waals surface area contributed by atoms with E-state index in [0.717, 1.165) is 15.8 Å². The zero-order valence-electron chi connectivity index (χ0n) is 7.87. The van der Waals surface area contributed by atoms with E-state index < -0.39 is 0 Å². The highest BCUT2D eigenvalue weighted by atomic mass is 79.9. The fourth-order valence-electron chi connectivity index (χ4n) is 1.91. The van der Waals surface area contributed by atoms with Gasteiger partial charge in [0.15, 0.2) is 0 Å². The van der Waals surface area contributed by atoms with Gasteiger partial charge in [0.25, 0.3) is 0 Å². The monoisotopic (exact) mass is 251 g/mol. The first kappa shape index (κ1) is 8.41. The molecular formula is C10H10BrN3. The zero-order chi connectivity index (χ0) is 9.71. The molecule has 0 atom stereocenters. The topological polar surface area (TPSA) is 30.7 Å². The normalized spacial score (nSPS) is 16.4. The lowest BCUT2D eigenvalue weighted by atomic mass is 10.4. The highest BCUT2D eigenvalue weighted by Gasteiger charge is 2.27. The van der Waals surface area contributed by atoms with Crippen LogP contribution in [0.1, 0.15) is 24.7 Å². The molecule has 1 aliphatic rings. The molecule has 72 valence electrons. The van der Waals surface area contributed by atoms with Gasteiger partial charge in [-0.2, -0.15) is 0 Å². The van der Waals surface area contributed by atoms with Crippen molar-refractivity contribution < 1.29 is 0 Å². The molecule has 0 bridgehead atoms. The molecule has 1 saturated carbocycles. The predicted molar refractivity (Wildman–Crippen MR) is 58.2 cm³/mol. The summed E-state index contributed by atoms with van der Waals surface area (Å²) in [5.74, 6) is 1.09. The highest BCUT2D eigenvalue weighted by Crippen LogP contribution is 2.39. The van der Waals surface area contributed by atoms with Crippen LogP contribution in [0.3, 0.4) is 0 Å². The molecule has 0 spiro atoms. The number of aromatic nitrogens is 3. The van der Waals surface area contributed by atoms with Crippen LogP contribution in [-0.4, -0.2) is 14.5 Å². The summed E-state index contributed by atoms with van der Waals surface area (Å²) in [6, 6.07) is 0.665. The average molecular weight is 252 g/mol. The summed E-state index contributed by atoms with van der Waals surface area (Å²) in [5.41, 5.74) is 2.18. The van der Waals surface area contributed by atoms with Gasteiger partial charge in [-0.3, -0.25) is 4.98 Å². The first-order valence-corrected chi connectivity index (χ1v) is 5.54. The Morgan fingerprint density at radius 2 is 2.21 bits per heavy atom. The maximum Gasteiger partial charge on any atom is 0.108 e. The van der Waals surface area contributed by atoms with Gasteiger partial charge in [0, 0.05) is 12.2 Å². The van der Waals surface area contributed by atoms with Crippen LogP contribution < -0.4 is 0 Å². The van der Waals surface area contributed by atoms with Crippen LogP contribution >= 0.6 is 15.9 Å². The summed E-state index contributed by atoms with van der Waals surface area (Å²) in [5, 5.41) is 0. The average Bonchev–Trinajstić information content (AvgIpc) is 2.90. The predicted octanol–water partition coefficient (Wildman–Crippen LogP) is 2.84. The molecule has 14 heavy (non-hydrogen) atoms. The maximum absolute atomic E-state index is 4.51. The highest BCUT2D eigenvalue weighted by molar-refractivity contribution is 9.10. The number of nitrogens with zero attached hydrogens (tertiary/aromatic N) is 3. The fraction of sp³-hybridized carbons (Fsp3) is 0.400. The van der Waals surface area contributed by atoms with Crippen LogP contribution in [0.2, 0.25) is 0 Å². The van der Waals surface area contributed by atoms with Crippen molar-refractivity contribution >= 4 is 27.0 Å². The standard InChI is InChI=1S/C10H10BrN3/c1-6-13-9-5-12-4-8(11)10(9)14(6)7-2-3-7/h4-5,7H,2-3H2,1H3. The Balaban J connectivity index is 2.39. The van der Waals surface area contributed by atoms with E-state index >= 15 is 0 Å². The van der Waals surface area contributed by atoms with Crippen molar-refractivity contribution in [3.63, 3.8) is 0 Å². The van der Waals surface area contributed by atoms with Gasteiger partial charge in [0.05, 0.1) is 16.2 Å². The van der Waals surface area contributed by atoms with Gasteiger partial charge in [-0.25, -0.2) is 4.98 Å². The number of aryl methyl sites for hydroxylation is 1. The molecule has 3 rings (SSSR count). The number of hydrogen-bond donors (Lipinski definition) is 0. The van der Waals surface area contributed by atoms with Gasteiger partial charge in [-0.05, 0) is 35.7 Å². The lowest BCUT2D eigenvalue weighted by Gasteiger charge is -2.04. The molecule has 2 heterocycles. The van der Waals surface area contributed by atoms with Crippen molar-refractivity contribution in [3.8, 4) is 0 Å². The molecule has 0 unspecified atom stereocenters. The molecular weight excluding hydrogens is 242 g/mol. The molecule has 0 amide bonds.